The number of likely N-dealkylation sites (tertiary alicyclic amines) is 1. The Morgan fingerprint density at radius 1 is 0.482 bits per heavy atom. The highest BCUT2D eigenvalue weighted by molar-refractivity contribution is 6.01. The third-order valence-electron chi connectivity index (χ3n) is 17.2. The molecule has 27 N–H and O–H groups in total. The first kappa shape index (κ1) is 97.1. The van der Waals surface area contributed by atoms with Crippen LogP contribution in [0.3, 0.4) is 0 Å². The molecule has 1 rings (SSSR count). The molecule has 0 aromatic carbocycles. The second-order valence-corrected chi connectivity index (χ2v) is 27.5. The van der Waals surface area contributed by atoms with Crippen LogP contribution in [0.25, 0.3) is 0 Å². The molecular weight excluding hydrogens is 1460 g/mol. The van der Waals surface area contributed by atoms with E-state index in [0.717, 1.165) is 11.8 Å². The fourth-order valence-electron chi connectivity index (χ4n) is 10.9. The molecule has 0 radical (unpaired) electrons. The van der Waals surface area contributed by atoms with Crippen LogP contribution in [0.1, 0.15) is 153 Å². The third kappa shape index (κ3) is 35.0. The molecule has 1 heterocycles. The van der Waals surface area contributed by atoms with Crippen molar-refractivity contribution in [1.82, 2.24) is 79.3 Å². The average molecular weight is 1570 g/mol. The normalized spacial score (nSPS) is 16.3. The van der Waals surface area contributed by atoms with Crippen molar-refractivity contribution in [1.29, 1.82) is 5.41 Å². The quantitative estimate of drug-likeness (QED) is 0.0153. The molecule has 0 spiro atoms. The van der Waals surface area contributed by atoms with Gasteiger partial charge in [-0.25, -0.2) is 4.79 Å². The number of guanidine groups is 1. The fourth-order valence-corrected chi connectivity index (χ4v) is 10.9. The molecule has 0 aromatic heterocycles. The molecule has 620 valence electrons. The van der Waals surface area contributed by atoms with E-state index in [0.29, 0.717) is 0 Å². The molecule has 1 aliphatic rings. The Labute approximate surface area is 633 Å². The van der Waals surface area contributed by atoms with Gasteiger partial charge in [0, 0.05) is 32.4 Å². The Morgan fingerprint density at radius 2 is 0.936 bits per heavy atom. The summed E-state index contributed by atoms with van der Waals surface area (Å²) in [7, 11) is 0. The van der Waals surface area contributed by atoms with Crippen molar-refractivity contribution in [3.63, 3.8) is 0 Å². The maximum Gasteiger partial charge on any atom is 0.326 e. The minimum absolute atomic E-state index is 0.0773. The maximum atomic E-state index is 14.2. The monoisotopic (exact) mass is 1570 g/mol. The first-order valence-corrected chi connectivity index (χ1v) is 35.7. The predicted octanol–water partition coefficient (Wildman–Crippen LogP) is -8.52. The number of carboxylic acid groups (broad SMARTS) is 4. The third-order valence-corrected chi connectivity index (χ3v) is 17.2. The van der Waals surface area contributed by atoms with E-state index in [1.165, 1.54) is 34.6 Å². The SMILES string of the molecule is CC[C@H](C)[C@H](NC(=O)[C@@H](NC(=O)[C@H](CCC(N)=O)NC(=O)[C@H](CC(C)C)NC(=O)CNC(=O)[C@H](CCCNC(=N)N)NC(=O)[C@H](CC(=O)O)NC(=O)[C@H](CCC(=O)O)NC(=O)[C@@H]1CCCN1C(=O)[C@@H](NC(=O)[C@H](C)NC(=O)[C@H](CO)NC(=O)CN)[C@@H](C)O)C(C)C)C(=O)N[C@@H](CCC(=O)O)C(=O)N[C@H](C(=O)O)C(C)C. The van der Waals surface area contributed by atoms with Crippen LogP contribution in [-0.4, -0.2) is 271 Å². The number of carbonyl (C=O) groups is 19. The molecule has 44 nitrogen and oxygen atoms in total. The van der Waals surface area contributed by atoms with E-state index in [4.69, 9.17) is 22.6 Å². The summed E-state index contributed by atoms with van der Waals surface area (Å²) in [6.07, 6.45) is -6.85. The van der Waals surface area contributed by atoms with Gasteiger partial charge in [0.05, 0.1) is 32.2 Å². The van der Waals surface area contributed by atoms with Gasteiger partial charge in [-0.1, -0.05) is 61.8 Å². The maximum absolute atomic E-state index is 14.2. The van der Waals surface area contributed by atoms with Crippen LogP contribution in [0.2, 0.25) is 0 Å². The van der Waals surface area contributed by atoms with Crippen molar-refractivity contribution >= 4 is 118 Å². The van der Waals surface area contributed by atoms with Crippen molar-refractivity contribution < 1.29 is 122 Å². The second kappa shape index (κ2) is 48.5. The number of nitrogens with one attached hydrogen (secondary N) is 15. The van der Waals surface area contributed by atoms with E-state index in [1.54, 1.807) is 27.7 Å². The largest absolute Gasteiger partial charge is 0.481 e. The number of hydrogen-bond donors (Lipinski definition) is 24. The van der Waals surface area contributed by atoms with Crippen molar-refractivity contribution in [3.05, 3.63) is 0 Å². The molecule has 0 unspecified atom stereocenters. The van der Waals surface area contributed by atoms with Crippen LogP contribution in [0.5, 0.6) is 0 Å². The van der Waals surface area contributed by atoms with Crippen LogP contribution in [0.15, 0.2) is 0 Å². The summed E-state index contributed by atoms with van der Waals surface area (Å²) in [5.74, 6) is -24.8. The number of amides is 15. The highest BCUT2D eigenvalue weighted by Crippen LogP contribution is 2.21. The van der Waals surface area contributed by atoms with Gasteiger partial charge in [-0.05, 0) is 88.9 Å². The van der Waals surface area contributed by atoms with Gasteiger partial charge in [0.2, 0.25) is 88.6 Å². The molecule has 15 atom stereocenters. The number of nitrogens with two attached hydrogens (primary N) is 3. The lowest BCUT2D eigenvalue weighted by Gasteiger charge is -2.31. The molecule has 15 amide bonds. The number of nitrogens with zero attached hydrogens (tertiary/aromatic N) is 1. The lowest BCUT2D eigenvalue weighted by atomic mass is 9.95. The Balaban J connectivity index is 3.54. The highest BCUT2D eigenvalue weighted by atomic mass is 16.4. The van der Waals surface area contributed by atoms with E-state index >= 15 is 0 Å². The number of aliphatic hydroxyl groups excluding tert-OH is 2. The Hall–Kier alpha value is -10.9. The van der Waals surface area contributed by atoms with Crippen molar-refractivity contribution in [2.24, 2.45) is 40.9 Å². The lowest BCUT2D eigenvalue weighted by Crippen LogP contribution is -2.61. The minimum Gasteiger partial charge on any atom is -0.481 e. The topological polar surface area (TPSA) is 719 Å². The van der Waals surface area contributed by atoms with Gasteiger partial charge in [-0.3, -0.25) is 91.7 Å². The molecule has 1 fully saturated rings. The Bertz CT molecular complexity index is 3280. The summed E-state index contributed by atoms with van der Waals surface area (Å²) < 4.78 is 0. The average Bonchev–Trinajstić information content (AvgIpc) is 1.52. The smallest absolute Gasteiger partial charge is 0.326 e. The van der Waals surface area contributed by atoms with Crippen LogP contribution in [0.4, 0.5) is 0 Å². The number of rotatable bonds is 51. The second-order valence-electron chi connectivity index (χ2n) is 27.5. The zero-order valence-electron chi connectivity index (χ0n) is 63.2. The molecule has 0 aromatic rings. The van der Waals surface area contributed by atoms with E-state index in [9.17, 15) is 122 Å². The molecular formula is C66H111N19O25. The zero-order valence-corrected chi connectivity index (χ0v) is 63.2. The number of aliphatic hydroxyl groups is 2. The summed E-state index contributed by atoms with van der Waals surface area (Å²) in [4.78, 5) is 253. The van der Waals surface area contributed by atoms with E-state index in [-0.39, 0.29) is 51.6 Å². The number of aliphatic carboxylic acids is 4. The number of primary amides is 1. The van der Waals surface area contributed by atoms with Crippen LogP contribution in [0, 0.1) is 29.1 Å². The molecule has 0 saturated carbocycles. The van der Waals surface area contributed by atoms with Crippen LogP contribution < -0.4 is 91.6 Å². The van der Waals surface area contributed by atoms with E-state index in [1.807, 2.05) is 0 Å². The number of carboxylic acids is 4. The summed E-state index contributed by atoms with van der Waals surface area (Å²) in [5.41, 5.74) is 16.1. The number of carbonyl (C=O) groups excluding carboxylic acids is 15. The predicted molar refractivity (Wildman–Crippen MR) is 384 cm³/mol. The van der Waals surface area contributed by atoms with E-state index in [2.05, 4.69) is 74.4 Å². The molecule has 44 heteroatoms. The van der Waals surface area contributed by atoms with Gasteiger partial charge in [0.15, 0.2) is 5.96 Å². The van der Waals surface area contributed by atoms with E-state index < -0.39 is 291 Å². The molecule has 1 aliphatic heterocycles. The first-order chi connectivity index (χ1) is 51.3. The van der Waals surface area contributed by atoms with Crippen molar-refractivity contribution in [2.45, 2.75) is 237 Å². The molecule has 1 saturated heterocycles. The van der Waals surface area contributed by atoms with Gasteiger partial charge < -0.3 is 127 Å². The van der Waals surface area contributed by atoms with Crippen LogP contribution in [-0.2, 0) is 91.1 Å². The van der Waals surface area contributed by atoms with Gasteiger partial charge >= 0.3 is 23.9 Å². The summed E-state index contributed by atoms with van der Waals surface area (Å²) in [6, 6.07) is -21.1. The lowest BCUT2D eigenvalue weighted by molar-refractivity contribution is -0.145. The first-order valence-electron chi connectivity index (χ1n) is 35.7. The molecule has 110 heavy (non-hydrogen) atoms. The summed E-state index contributed by atoms with van der Waals surface area (Å²) >= 11 is 0. The Morgan fingerprint density at radius 3 is 1.42 bits per heavy atom. The Kier molecular flexibility index (Phi) is 42.8. The van der Waals surface area contributed by atoms with Gasteiger partial charge in [0.1, 0.15) is 78.5 Å². The molecule has 0 bridgehead atoms. The van der Waals surface area contributed by atoms with Gasteiger partial charge in [-0.2, -0.15) is 0 Å². The van der Waals surface area contributed by atoms with Gasteiger partial charge in [0.25, 0.3) is 0 Å². The number of hydrogen-bond acceptors (Lipinski definition) is 23. The summed E-state index contributed by atoms with van der Waals surface area (Å²) in [5, 5.41) is 99.3. The van der Waals surface area contributed by atoms with Crippen LogP contribution >= 0.6 is 0 Å². The summed E-state index contributed by atoms with van der Waals surface area (Å²) in [6.45, 7) is 12.2. The molecule has 0 aliphatic carbocycles. The minimum atomic E-state index is -2.12. The van der Waals surface area contributed by atoms with Crippen molar-refractivity contribution in [2.75, 3.05) is 32.8 Å². The fraction of sp³-hybridized carbons (Fsp3) is 0.697. The van der Waals surface area contributed by atoms with Crippen molar-refractivity contribution in [3.8, 4) is 0 Å². The highest BCUT2D eigenvalue weighted by Gasteiger charge is 2.43. The zero-order chi connectivity index (χ0) is 84.1. The van der Waals surface area contributed by atoms with Gasteiger partial charge in [-0.15, -0.1) is 0 Å². The standard InChI is InChI=1S/C66H111N19O25/c1-11-32(8)51(63(107)79-38(18-21-47(93)94)57(101)82-50(31(6)7)65(109)110)83-62(106)49(30(4)5)81-56(100)36(16-19-43(68)88)77-58(102)39(24-29(2)3)74-45(90)27-72-54(98)35(14-12-22-71-66(69)70)76-59(103)40(25-48(95)96)80-55(99)37(17-20-46(91)92)78-61(105)42-15-13-23-85(42)64(108)52(34(10)87)84-53(97)33(9)73-60(104)41(28-86)75-44(89)26-67/h29-42,49-52,86-87H,11-28,67H2,1-10H3,(H2,68,88)(H,72,98)(H,73,104)(H,74,90)(H,75,89)(H,76,103)(H,77,102)(H,78,105)(H,79,107)(H,80,99)(H,81,100)(H,82,101)(H,83,106)(H,84,97)(H,91,92)(H,93,94)(H,95,96)(H,109,110)(H4,69,70,71)/t32-,33-,34+,35-,36-,37-,38-,39-,40-,41-,42-,49-,50-,51-,52-/m0/s1.